The Morgan fingerprint density at radius 2 is 1.93 bits per heavy atom. The zero-order chi connectivity index (χ0) is 18.2. The lowest BCUT2D eigenvalue weighted by Crippen LogP contribution is -2.29. The molecule has 0 unspecified atom stereocenters. The highest BCUT2D eigenvalue weighted by Crippen LogP contribution is 2.17. The van der Waals surface area contributed by atoms with E-state index in [9.17, 15) is 4.79 Å². The van der Waals surface area contributed by atoms with E-state index in [1.807, 2.05) is 6.07 Å². The van der Waals surface area contributed by atoms with Crippen LogP contribution in [0.2, 0.25) is 0 Å². The van der Waals surface area contributed by atoms with Crippen LogP contribution in [0.1, 0.15) is 31.2 Å². The molecule has 29 heavy (non-hydrogen) atoms. The lowest BCUT2D eigenvalue weighted by Gasteiger charge is -2.26. The summed E-state index contributed by atoms with van der Waals surface area (Å²) < 4.78 is 5.85. The van der Waals surface area contributed by atoms with Gasteiger partial charge in [0.05, 0.1) is 12.8 Å². The zero-order valence-corrected chi connectivity index (χ0v) is 18.7. The Bertz CT molecular complexity index is 770. The molecule has 0 bridgehead atoms. The van der Waals surface area contributed by atoms with Gasteiger partial charge in [0.2, 0.25) is 5.95 Å². The number of nitrogen functional groups attached to an aromatic ring is 1. The summed E-state index contributed by atoms with van der Waals surface area (Å²) in [6.07, 6.45) is 6.11. The monoisotopic (exact) mass is 465 g/mol. The number of H-pyrrole nitrogens is 1. The molecule has 1 fully saturated rings. The number of ether oxygens (including phenoxy) is 1. The number of aromatic amines is 1. The standard InChI is InChI=1S/C19H27N5O2.3ClH/c20-17-13-22-19(23-18(17)25)21-8-5-11-26-16-7-4-6-15(12-16)14-24-9-2-1-3-10-24;;;/h4,6-7,12-13H,1-3,5,8-11,14,20H2,(H2,21,22,23,25);3*1H. The van der Waals surface area contributed by atoms with E-state index in [2.05, 4.69) is 38.4 Å². The molecule has 1 aromatic heterocycles. The van der Waals surface area contributed by atoms with Gasteiger partial charge >= 0.3 is 0 Å². The molecule has 1 aliphatic heterocycles. The van der Waals surface area contributed by atoms with E-state index in [-0.39, 0.29) is 48.5 Å². The number of likely N-dealkylation sites (tertiary alicyclic amines) is 1. The van der Waals surface area contributed by atoms with E-state index >= 15 is 0 Å². The fraction of sp³-hybridized carbons (Fsp3) is 0.474. The number of rotatable bonds is 8. The van der Waals surface area contributed by atoms with Crippen LogP contribution in [0.5, 0.6) is 5.75 Å². The van der Waals surface area contributed by atoms with E-state index in [0.29, 0.717) is 19.1 Å². The van der Waals surface area contributed by atoms with E-state index in [1.54, 1.807) is 0 Å². The lowest BCUT2D eigenvalue weighted by molar-refractivity contribution is 0.220. The Kier molecular flexibility index (Phi) is 13.5. The number of halogens is 3. The summed E-state index contributed by atoms with van der Waals surface area (Å²) in [7, 11) is 0. The fourth-order valence-corrected chi connectivity index (χ4v) is 3.07. The van der Waals surface area contributed by atoms with Crippen molar-refractivity contribution in [3.63, 3.8) is 0 Å². The first-order valence-electron chi connectivity index (χ1n) is 9.23. The summed E-state index contributed by atoms with van der Waals surface area (Å²) in [4.78, 5) is 20.5. The highest BCUT2D eigenvalue weighted by atomic mass is 35.5. The summed E-state index contributed by atoms with van der Waals surface area (Å²) >= 11 is 0. The molecule has 0 atom stereocenters. The van der Waals surface area contributed by atoms with Crippen molar-refractivity contribution in [3.8, 4) is 5.75 Å². The Morgan fingerprint density at radius 1 is 1.17 bits per heavy atom. The maximum atomic E-state index is 11.4. The molecule has 7 nitrogen and oxygen atoms in total. The SMILES string of the molecule is Cl.Cl.Cl.Nc1cnc(NCCCOc2cccc(CN3CCCCC3)c2)[nH]c1=O. The van der Waals surface area contributed by atoms with Gasteiger partial charge in [-0.2, -0.15) is 0 Å². The van der Waals surface area contributed by atoms with Crippen LogP contribution in [0.3, 0.4) is 0 Å². The Balaban J connectivity index is 0.00000261. The van der Waals surface area contributed by atoms with Gasteiger partial charge in [-0.15, -0.1) is 37.2 Å². The molecule has 164 valence electrons. The zero-order valence-electron chi connectivity index (χ0n) is 16.3. The maximum absolute atomic E-state index is 11.4. The second-order valence-corrected chi connectivity index (χ2v) is 6.63. The number of hydrogen-bond acceptors (Lipinski definition) is 6. The fourth-order valence-electron chi connectivity index (χ4n) is 3.07. The average molecular weight is 467 g/mol. The summed E-state index contributed by atoms with van der Waals surface area (Å²) in [5.41, 5.74) is 6.53. The van der Waals surface area contributed by atoms with E-state index < -0.39 is 0 Å². The van der Waals surface area contributed by atoms with Gasteiger partial charge in [-0.25, -0.2) is 4.98 Å². The van der Waals surface area contributed by atoms with Crippen LogP contribution in [0.4, 0.5) is 11.6 Å². The molecule has 0 aliphatic carbocycles. The number of nitrogens with two attached hydrogens (primary N) is 1. The number of aromatic nitrogens is 2. The van der Waals surface area contributed by atoms with Gasteiger partial charge in [0, 0.05) is 13.1 Å². The van der Waals surface area contributed by atoms with Crippen molar-refractivity contribution in [3.05, 3.63) is 46.4 Å². The molecule has 0 spiro atoms. The van der Waals surface area contributed by atoms with Crippen LogP contribution in [-0.4, -0.2) is 41.1 Å². The predicted octanol–water partition coefficient (Wildman–Crippen LogP) is 3.48. The third-order valence-electron chi connectivity index (χ3n) is 4.46. The van der Waals surface area contributed by atoms with Crippen molar-refractivity contribution >= 4 is 48.9 Å². The molecule has 1 saturated heterocycles. The van der Waals surface area contributed by atoms with Crippen LogP contribution < -0.4 is 21.3 Å². The molecule has 0 radical (unpaired) electrons. The van der Waals surface area contributed by atoms with Crippen molar-refractivity contribution in [1.29, 1.82) is 0 Å². The van der Waals surface area contributed by atoms with E-state index in [4.69, 9.17) is 10.5 Å². The normalized spacial score (nSPS) is 13.4. The van der Waals surface area contributed by atoms with Gasteiger partial charge in [0.25, 0.3) is 5.56 Å². The van der Waals surface area contributed by atoms with Crippen LogP contribution >= 0.6 is 37.2 Å². The Morgan fingerprint density at radius 3 is 2.66 bits per heavy atom. The number of benzene rings is 1. The summed E-state index contributed by atoms with van der Waals surface area (Å²) in [5.74, 6) is 1.33. The first kappa shape index (κ1) is 27.3. The van der Waals surface area contributed by atoms with Crippen LogP contribution in [0, 0.1) is 0 Å². The third-order valence-corrected chi connectivity index (χ3v) is 4.46. The van der Waals surface area contributed by atoms with Crippen molar-refractivity contribution in [2.75, 3.05) is 37.3 Å². The summed E-state index contributed by atoms with van der Waals surface area (Å²) in [6, 6.07) is 8.33. The lowest BCUT2D eigenvalue weighted by atomic mass is 10.1. The minimum Gasteiger partial charge on any atom is -0.494 e. The highest BCUT2D eigenvalue weighted by Gasteiger charge is 2.10. The van der Waals surface area contributed by atoms with E-state index in [1.165, 1.54) is 44.1 Å². The number of anilines is 2. The molecular formula is C19H30Cl3N5O2. The van der Waals surface area contributed by atoms with Gasteiger partial charge < -0.3 is 15.8 Å². The molecular weight excluding hydrogens is 437 g/mol. The molecule has 1 aromatic carbocycles. The Labute approximate surface area is 190 Å². The van der Waals surface area contributed by atoms with E-state index in [0.717, 1.165) is 18.7 Å². The highest BCUT2D eigenvalue weighted by molar-refractivity contribution is 5.86. The van der Waals surface area contributed by atoms with Gasteiger partial charge in [-0.3, -0.25) is 14.7 Å². The van der Waals surface area contributed by atoms with Crippen molar-refractivity contribution in [1.82, 2.24) is 14.9 Å². The third kappa shape index (κ3) is 9.12. The number of nitrogens with one attached hydrogen (secondary N) is 2. The first-order chi connectivity index (χ1) is 12.7. The first-order valence-corrected chi connectivity index (χ1v) is 9.23. The van der Waals surface area contributed by atoms with Gasteiger partial charge in [0.1, 0.15) is 11.4 Å². The number of nitrogens with zero attached hydrogens (tertiary/aromatic N) is 2. The van der Waals surface area contributed by atoms with Gasteiger partial charge in [-0.05, 0) is 50.0 Å². The minimum atomic E-state index is -0.329. The molecule has 4 N–H and O–H groups in total. The topological polar surface area (TPSA) is 96.3 Å². The molecule has 2 heterocycles. The quantitative estimate of drug-likeness (QED) is 0.515. The van der Waals surface area contributed by atoms with Crippen molar-refractivity contribution in [2.24, 2.45) is 0 Å². The van der Waals surface area contributed by atoms with Crippen LogP contribution in [-0.2, 0) is 6.54 Å². The molecule has 10 heteroatoms. The molecule has 0 saturated carbocycles. The molecule has 3 rings (SSSR count). The number of piperidine rings is 1. The predicted molar refractivity (Wildman–Crippen MR) is 125 cm³/mol. The average Bonchev–Trinajstić information content (AvgIpc) is 2.65. The second-order valence-electron chi connectivity index (χ2n) is 6.63. The van der Waals surface area contributed by atoms with Crippen molar-refractivity contribution in [2.45, 2.75) is 32.2 Å². The number of hydrogen-bond donors (Lipinski definition) is 3. The van der Waals surface area contributed by atoms with Gasteiger partial charge in [-0.1, -0.05) is 18.6 Å². The molecule has 0 amide bonds. The van der Waals surface area contributed by atoms with Crippen LogP contribution in [0.15, 0.2) is 35.3 Å². The summed E-state index contributed by atoms with van der Waals surface area (Å²) in [5, 5.41) is 3.06. The summed E-state index contributed by atoms with van der Waals surface area (Å²) in [6.45, 7) is 4.63. The molecule has 1 aliphatic rings. The molecule has 2 aromatic rings. The van der Waals surface area contributed by atoms with Gasteiger partial charge in [0.15, 0.2) is 0 Å². The minimum absolute atomic E-state index is 0. The maximum Gasteiger partial charge on any atom is 0.275 e. The van der Waals surface area contributed by atoms with Crippen molar-refractivity contribution < 1.29 is 4.74 Å². The second kappa shape index (κ2) is 14.3. The van der Waals surface area contributed by atoms with Crippen LogP contribution in [0.25, 0.3) is 0 Å². The largest absolute Gasteiger partial charge is 0.494 e. The smallest absolute Gasteiger partial charge is 0.275 e. The Hall–Kier alpha value is -1.67.